The average Bonchev–Trinajstić information content (AvgIpc) is 3.18. The third-order valence-electron chi connectivity index (χ3n) is 11.7. The molecule has 0 amide bonds. The van der Waals surface area contributed by atoms with Crippen molar-refractivity contribution in [3.05, 3.63) is 41.2 Å². The van der Waals surface area contributed by atoms with Crippen LogP contribution >= 0.6 is 0 Å². The Hall–Kier alpha value is -1.64. The van der Waals surface area contributed by atoms with Gasteiger partial charge in [0.15, 0.2) is 0 Å². The Bertz CT molecular complexity index is 968. The second kappa shape index (κ2) is 9.67. The number of allylic oxidation sites excluding steroid dienone is 1. The minimum Gasteiger partial charge on any atom is -0.478 e. The third-order valence-corrected chi connectivity index (χ3v) is 11.7. The van der Waals surface area contributed by atoms with Crippen LogP contribution in [0.2, 0.25) is 0 Å². The Morgan fingerprint density at radius 2 is 1.86 bits per heavy atom. The van der Waals surface area contributed by atoms with Gasteiger partial charge in [-0.2, -0.15) is 0 Å². The molecule has 2 nitrogen and oxygen atoms in total. The highest BCUT2D eigenvalue weighted by molar-refractivity contribution is 5.92. The molecule has 0 aromatic heterocycles. The van der Waals surface area contributed by atoms with Crippen molar-refractivity contribution in [3.8, 4) is 0 Å². The summed E-state index contributed by atoms with van der Waals surface area (Å²) in [6.07, 6.45) is 20.4. The van der Waals surface area contributed by atoms with Gasteiger partial charge in [0.2, 0.25) is 0 Å². The molecule has 0 spiro atoms. The molecule has 0 bridgehead atoms. The van der Waals surface area contributed by atoms with Gasteiger partial charge in [-0.15, -0.1) is 0 Å². The van der Waals surface area contributed by atoms with Crippen LogP contribution in [0.15, 0.2) is 24.3 Å². The topological polar surface area (TPSA) is 37.3 Å². The van der Waals surface area contributed by atoms with Crippen molar-refractivity contribution >= 4 is 12.0 Å². The Balaban J connectivity index is 1.27. The fourth-order valence-electron chi connectivity index (χ4n) is 9.97. The molecule has 1 N–H and O–H groups in total. The lowest BCUT2D eigenvalue weighted by Gasteiger charge is -2.62. The van der Waals surface area contributed by atoms with E-state index >= 15 is 0 Å². The van der Waals surface area contributed by atoms with Crippen molar-refractivity contribution < 1.29 is 14.3 Å². The highest BCUT2D eigenvalue weighted by Crippen LogP contribution is 2.69. The first-order chi connectivity index (χ1) is 16.8. The second-order valence-electron chi connectivity index (χ2n) is 13.0. The predicted molar refractivity (Wildman–Crippen MR) is 141 cm³/mol. The Morgan fingerprint density at radius 3 is 2.63 bits per heavy atom. The monoisotopic (exact) mass is 480 g/mol. The van der Waals surface area contributed by atoms with Gasteiger partial charge in [0.1, 0.15) is 5.82 Å². The molecule has 0 heterocycles. The lowest BCUT2D eigenvalue weighted by Crippen LogP contribution is -2.55. The van der Waals surface area contributed by atoms with Gasteiger partial charge in [-0.3, -0.25) is 0 Å². The van der Waals surface area contributed by atoms with E-state index in [1.807, 2.05) is 6.08 Å². The van der Waals surface area contributed by atoms with Gasteiger partial charge in [-0.25, -0.2) is 9.18 Å². The van der Waals surface area contributed by atoms with Gasteiger partial charge in [0, 0.05) is 0 Å². The summed E-state index contributed by atoms with van der Waals surface area (Å²) in [6.45, 7) is 7.76. The minimum absolute atomic E-state index is 0.0461. The number of hydrogen-bond donors (Lipinski definition) is 1. The van der Waals surface area contributed by atoms with E-state index in [0.29, 0.717) is 16.4 Å². The van der Waals surface area contributed by atoms with E-state index in [1.54, 1.807) is 6.07 Å². The quantitative estimate of drug-likeness (QED) is 0.441. The summed E-state index contributed by atoms with van der Waals surface area (Å²) in [5.41, 5.74) is 1.69. The smallest absolute Gasteiger partial charge is 0.336 e. The van der Waals surface area contributed by atoms with Gasteiger partial charge in [-0.1, -0.05) is 58.3 Å². The van der Waals surface area contributed by atoms with Gasteiger partial charge in [0.25, 0.3) is 0 Å². The molecule has 0 saturated heterocycles. The Kier molecular flexibility index (Phi) is 6.92. The van der Waals surface area contributed by atoms with Crippen LogP contribution in [0.1, 0.15) is 114 Å². The van der Waals surface area contributed by atoms with E-state index in [4.69, 9.17) is 0 Å². The van der Waals surface area contributed by atoms with Crippen LogP contribution in [0.5, 0.6) is 0 Å². The number of fused-ring (bicyclic) bond motifs is 5. The van der Waals surface area contributed by atoms with E-state index in [1.165, 1.54) is 76.7 Å². The molecular weight excluding hydrogens is 435 g/mol. The number of hydrogen-bond acceptors (Lipinski definition) is 1. The van der Waals surface area contributed by atoms with Crippen LogP contribution in [0.3, 0.4) is 0 Å². The molecule has 192 valence electrons. The molecule has 0 aliphatic heterocycles. The largest absolute Gasteiger partial charge is 0.478 e. The van der Waals surface area contributed by atoms with Crippen molar-refractivity contribution in [2.24, 2.45) is 46.3 Å². The second-order valence-corrected chi connectivity index (χ2v) is 13.0. The third kappa shape index (κ3) is 4.29. The van der Waals surface area contributed by atoms with Crippen molar-refractivity contribution in [2.75, 3.05) is 0 Å². The van der Waals surface area contributed by atoms with E-state index in [-0.39, 0.29) is 5.56 Å². The minimum atomic E-state index is -1.07. The normalized spacial score (nSPS) is 40.8. The van der Waals surface area contributed by atoms with Crippen molar-refractivity contribution in [3.63, 3.8) is 0 Å². The summed E-state index contributed by atoms with van der Waals surface area (Å²) in [7, 11) is 0. The zero-order chi connectivity index (χ0) is 24.8. The summed E-state index contributed by atoms with van der Waals surface area (Å²) in [5, 5.41) is 9.40. The molecule has 8 atom stereocenters. The number of carboxylic acid groups (broad SMARTS) is 1. The van der Waals surface area contributed by atoms with Crippen LogP contribution in [0.25, 0.3) is 6.08 Å². The summed E-state index contributed by atoms with van der Waals surface area (Å²) in [6, 6.07) is 4.04. The zero-order valence-electron chi connectivity index (χ0n) is 22.1. The number of rotatable bonds is 6. The molecular formula is C32H45FO2. The van der Waals surface area contributed by atoms with Crippen LogP contribution in [0.4, 0.5) is 4.39 Å². The lowest BCUT2D eigenvalue weighted by molar-refractivity contribution is -0.135. The highest BCUT2D eigenvalue weighted by Gasteiger charge is 2.60. The molecule has 5 unspecified atom stereocenters. The maximum atomic E-state index is 13.5. The number of halogens is 1. The van der Waals surface area contributed by atoms with E-state index < -0.39 is 11.8 Å². The molecule has 4 aliphatic carbocycles. The summed E-state index contributed by atoms with van der Waals surface area (Å²) in [4.78, 5) is 11.5. The van der Waals surface area contributed by atoms with Crippen molar-refractivity contribution in [1.82, 2.24) is 0 Å². The maximum absolute atomic E-state index is 13.5. The average molecular weight is 481 g/mol. The number of carbonyl (C=O) groups is 1. The first kappa shape index (κ1) is 25.0. The predicted octanol–water partition coefficient (Wildman–Crippen LogP) is 9.00. The molecule has 0 radical (unpaired) electrons. The molecule has 4 aliphatic rings. The highest BCUT2D eigenvalue weighted by atomic mass is 19.1. The van der Waals surface area contributed by atoms with Gasteiger partial charge in [-0.05, 0) is 122 Å². The van der Waals surface area contributed by atoms with Gasteiger partial charge >= 0.3 is 5.97 Å². The summed E-state index contributed by atoms with van der Waals surface area (Å²) in [5.74, 6) is 3.86. The first-order valence-corrected chi connectivity index (χ1v) is 14.5. The Labute approximate surface area is 211 Å². The van der Waals surface area contributed by atoms with Crippen molar-refractivity contribution in [1.29, 1.82) is 0 Å². The van der Waals surface area contributed by atoms with E-state index in [9.17, 15) is 14.3 Å². The fourth-order valence-corrected chi connectivity index (χ4v) is 9.97. The number of benzene rings is 1. The standard InChI is InChI=1S/C32H45FO2/c1-4-21-19-26-28-15-13-23(10-6-5-9-22-12-14-24(33)20-25(22)30(34)35)31(28,2)18-16-29(26)32(3)17-8-7-11-27(21)32/h5,9,12,14,20-21,23,26-29H,4,6-8,10-11,13,15-19H2,1-3H3,(H,34,35)/b9-5+/t21-,23-,26?,27?,28?,29-,31?,32?/m0/s1. The molecule has 4 fully saturated rings. The van der Waals surface area contributed by atoms with Crippen LogP contribution in [-0.4, -0.2) is 11.1 Å². The molecule has 1 aromatic carbocycles. The lowest BCUT2D eigenvalue weighted by atomic mass is 9.42. The van der Waals surface area contributed by atoms with Crippen LogP contribution < -0.4 is 0 Å². The molecule has 1 aromatic rings. The molecule has 35 heavy (non-hydrogen) atoms. The van der Waals surface area contributed by atoms with Crippen LogP contribution in [-0.2, 0) is 0 Å². The van der Waals surface area contributed by atoms with Gasteiger partial charge in [0.05, 0.1) is 5.56 Å². The maximum Gasteiger partial charge on any atom is 0.336 e. The Morgan fingerprint density at radius 1 is 1.06 bits per heavy atom. The molecule has 4 saturated carbocycles. The van der Waals surface area contributed by atoms with Crippen molar-refractivity contribution in [2.45, 2.75) is 97.8 Å². The summed E-state index contributed by atoms with van der Waals surface area (Å²) >= 11 is 0. The van der Waals surface area contributed by atoms with Gasteiger partial charge < -0.3 is 5.11 Å². The zero-order valence-corrected chi connectivity index (χ0v) is 22.1. The number of aromatic carboxylic acids is 1. The fraction of sp³-hybridized carbons (Fsp3) is 0.719. The van der Waals surface area contributed by atoms with E-state index in [0.717, 1.165) is 48.0 Å². The summed E-state index contributed by atoms with van der Waals surface area (Å²) < 4.78 is 13.5. The SMILES string of the molecule is CC[C@H]1CC2C3CC[C@H](CC/C=C/c4ccc(F)cc4C(=O)O)C3(C)CC[C@@H]2C2(C)CCCCC12. The molecule has 3 heteroatoms. The first-order valence-electron chi connectivity index (χ1n) is 14.5. The van der Waals surface area contributed by atoms with E-state index in [2.05, 4.69) is 26.8 Å². The van der Waals surface area contributed by atoms with Crippen LogP contribution in [0, 0.1) is 52.2 Å². The molecule has 5 rings (SSSR count). The number of carboxylic acids is 1.